The Morgan fingerprint density at radius 3 is 2.00 bits per heavy atom. The second-order valence-corrected chi connectivity index (χ2v) is 12.6. The topological polar surface area (TPSA) is 15.7 Å². The molecule has 3 heteroatoms. The molecule has 0 amide bonds. The summed E-state index contributed by atoms with van der Waals surface area (Å²) in [7, 11) is 0. The van der Waals surface area contributed by atoms with Crippen LogP contribution in [0.15, 0.2) is 158 Å². The normalized spacial score (nSPS) is 13.7. The SMILES string of the molecule is CC1(C)c2ccccc2N2c3ccccc3Oc3c(N(c4ccc(-c5ccccc5)cc4)c4ccc5ccccc5c4)ccc1c32. The summed E-state index contributed by atoms with van der Waals surface area (Å²) >= 11 is 0. The number of para-hydroxylation sites is 3. The second-order valence-electron chi connectivity index (χ2n) is 12.6. The number of anilines is 6. The molecule has 3 nitrogen and oxygen atoms in total. The summed E-state index contributed by atoms with van der Waals surface area (Å²) in [6, 6.07) is 56.4. The largest absolute Gasteiger partial charge is 0.451 e. The number of nitrogens with zero attached hydrogens (tertiary/aromatic N) is 2. The van der Waals surface area contributed by atoms with Crippen LogP contribution in [0, 0.1) is 0 Å². The predicted molar refractivity (Wildman–Crippen MR) is 191 cm³/mol. The standard InChI is InChI=1S/C43H32N2O/c1-43(2)35-16-8-9-17-37(35)45-38-18-10-11-19-40(38)46-42-39(27-26-36(43)41(42)45)44(34-25-22-30-14-6-7-15-32(30)28-34)33-23-20-31(21-24-33)29-12-4-3-5-13-29/h3-28H,1-2H3. The van der Waals surface area contributed by atoms with Gasteiger partial charge in [-0.1, -0.05) is 123 Å². The Bertz CT molecular complexity index is 2270. The number of fused-ring (bicyclic) bond motifs is 5. The lowest BCUT2D eigenvalue weighted by molar-refractivity contribution is 0.472. The molecule has 9 rings (SSSR count). The molecule has 0 spiro atoms. The molecule has 2 aliphatic rings. The molecular weight excluding hydrogens is 560 g/mol. The van der Waals surface area contributed by atoms with Gasteiger partial charge in [0, 0.05) is 16.8 Å². The minimum atomic E-state index is -0.212. The van der Waals surface area contributed by atoms with Gasteiger partial charge in [0.15, 0.2) is 11.5 Å². The third kappa shape index (κ3) is 3.98. The third-order valence-corrected chi connectivity index (χ3v) is 9.61. The molecule has 0 saturated carbocycles. The van der Waals surface area contributed by atoms with Crippen molar-refractivity contribution in [2.45, 2.75) is 19.3 Å². The highest BCUT2D eigenvalue weighted by molar-refractivity contribution is 5.99. The Morgan fingerprint density at radius 2 is 1.17 bits per heavy atom. The highest BCUT2D eigenvalue weighted by atomic mass is 16.5. The molecule has 2 aliphatic heterocycles. The van der Waals surface area contributed by atoms with Crippen LogP contribution in [0.25, 0.3) is 21.9 Å². The van der Waals surface area contributed by atoms with Gasteiger partial charge in [0.1, 0.15) is 0 Å². The van der Waals surface area contributed by atoms with E-state index in [-0.39, 0.29) is 5.41 Å². The molecule has 7 aromatic carbocycles. The zero-order chi connectivity index (χ0) is 30.8. The zero-order valence-corrected chi connectivity index (χ0v) is 25.8. The lowest BCUT2D eigenvalue weighted by Gasteiger charge is -2.45. The van der Waals surface area contributed by atoms with Crippen molar-refractivity contribution in [3.63, 3.8) is 0 Å². The fourth-order valence-corrected chi connectivity index (χ4v) is 7.29. The first kappa shape index (κ1) is 26.6. The highest BCUT2D eigenvalue weighted by Crippen LogP contribution is 2.62. The van der Waals surface area contributed by atoms with E-state index in [1.807, 2.05) is 0 Å². The molecule has 2 heterocycles. The number of hydrogen-bond acceptors (Lipinski definition) is 3. The summed E-state index contributed by atoms with van der Waals surface area (Å²) in [6.07, 6.45) is 0. The van der Waals surface area contributed by atoms with E-state index in [1.165, 1.54) is 38.7 Å². The van der Waals surface area contributed by atoms with E-state index < -0.39 is 0 Å². The Labute approximate surface area is 269 Å². The Balaban J connectivity index is 1.30. The van der Waals surface area contributed by atoms with Crippen LogP contribution < -0.4 is 14.5 Å². The third-order valence-electron chi connectivity index (χ3n) is 9.61. The smallest absolute Gasteiger partial charge is 0.175 e. The highest BCUT2D eigenvalue weighted by Gasteiger charge is 2.42. The van der Waals surface area contributed by atoms with E-state index in [0.717, 1.165) is 39.9 Å². The van der Waals surface area contributed by atoms with Gasteiger partial charge >= 0.3 is 0 Å². The van der Waals surface area contributed by atoms with E-state index in [1.54, 1.807) is 0 Å². The average molecular weight is 593 g/mol. The van der Waals surface area contributed by atoms with Crippen LogP contribution in [0.1, 0.15) is 25.0 Å². The molecule has 0 aliphatic carbocycles. The number of benzene rings is 7. The van der Waals surface area contributed by atoms with Gasteiger partial charge < -0.3 is 14.5 Å². The molecular formula is C43H32N2O. The summed E-state index contributed by atoms with van der Waals surface area (Å²) in [6.45, 7) is 4.64. The maximum Gasteiger partial charge on any atom is 0.175 e. The maximum absolute atomic E-state index is 6.98. The van der Waals surface area contributed by atoms with Crippen LogP contribution in [0.2, 0.25) is 0 Å². The van der Waals surface area contributed by atoms with Gasteiger partial charge in [-0.25, -0.2) is 0 Å². The van der Waals surface area contributed by atoms with Gasteiger partial charge in [0.05, 0.1) is 22.7 Å². The Hall–Kier alpha value is -5.80. The van der Waals surface area contributed by atoms with E-state index >= 15 is 0 Å². The van der Waals surface area contributed by atoms with Crippen LogP contribution in [0.3, 0.4) is 0 Å². The van der Waals surface area contributed by atoms with Crippen molar-refractivity contribution in [3.05, 3.63) is 169 Å². The Kier molecular flexibility index (Phi) is 5.85. The molecule has 7 aromatic rings. The van der Waals surface area contributed by atoms with Crippen molar-refractivity contribution < 1.29 is 4.74 Å². The first-order valence-corrected chi connectivity index (χ1v) is 15.9. The van der Waals surface area contributed by atoms with Crippen molar-refractivity contribution in [2.75, 3.05) is 9.80 Å². The van der Waals surface area contributed by atoms with E-state index in [4.69, 9.17) is 4.74 Å². The molecule has 0 fully saturated rings. The molecule has 0 saturated heterocycles. The molecule has 0 bridgehead atoms. The van der Waals surface area contributed by atoms with E-state index in [2.05, 4.69) is 181 Å². The average Bonchev–Trinajstić information content (AvgIpc) is 3.11. The molecule has 46 heavy (non-hydrogen) atoms. The predicted octanol–water partition coefficient (Wildman–Crippen LogP) is 12.2. The quantitative estimate of drug-likeness (QED) is 0.202. The van der Waals surface area contributed by atoms with Crippen LogP contribution in [0.5, 0.6) is 11.5 Å². The fourth-order valence-electron chi connectivity index (χ4n) is 7.29. The van der Waals surface area contributed by atoms with Crippen LogP contribution in [0.4, 0.5) is 34.1 Å². The van der Waals surface area contributed by atoms with Crippen molar-refractivity contribution >= 4 is 44.9 Å². The van der Waals surface area contributed by atoms with Crippen molar-refractivity contribution in [1.29, 1.82) is 0 Å². The fraction of sp³-hybridized carbons (Fsp3) is 0.0698. The lowest BCUT2D eigenvalue weighted by atomic mass is 9.73. The number of rotatable bonds is 4. The van der Waals surface area contributed by atoms with Crippen molar-refractivity contribution in [3.8, 4) is 22.6 Å². The molecule has 0 aromatic heterocycles. The summed E-state index contributed by atoms with van der Waals surface area (Å²) in [5, 5.41) is 2.41. The summed E-state index contributed by atoms with van der Waals surface area (Å²) < 4.78 is 6.98. The minimum Gasteiger partial charge on any atom is -0.451 e. The van der Waals surface area contributed by atoms with Crippen LogP contribution in [-0.4, -0.2) is 0 Å². The number of hydrogen-bond donors (Lipinski definition) is 0. The maximum atomic E-state index is 6.98. The molecule has 0 radical (unpaired) electrons. The van der Waals surface area contributed by atoms with Gasteiger partial charge in [-0.2, -0.15) is 0 Å². The molecule has 220 valence electrons. The molecule has 0 atom stereocenters. The molecule has 0 unspecified atom stereocenters. The van der Waals surface area contributed by atoms with Gasteiger partial charge in [0.25, 0.3) is 0 Å². The van der Waals surface area contributed by atoms with E-state index in [9.17, 15) is 0 Å². The number of ether oxygens (including phenoxy) is 1. The van der Waals surface area contributed by atoms with Crippen LogP contribution in [-0.2, 0) is 5.41 Å². The second kappa shape index (κ2) is 10.1. The van der Waals surface area contributed by atoms with Gasteiger partial charge in [-0.3, -0.25) is 0 Å². The van der Waals surface area contributed by atoms with Gasteiger partial charge in [0.2, 0.25) is 0 Å². The monoisotopic (exact) mass is 592 g/mol. The van der Waals surface area contributed by atoms with Gasteiger partial charge in [-0.05, 0) is 81.6 Å². The van der Waals surface area contributed by atoms with Crippen molar-refractivity contribution in [2.24, 2.45) is 0 Å². The summed E-state index contributed by atoms with van der Waals surface area (Å²) in [4.78, 5) is 4.75. The zero-order valence-electron chi connectivity index (χ0n) is 25.8. The first-order valence-electron chi connectivity index (χ1n) is 15.9. The minimum absolute atomic E-state index is 0.212. The summed E-state index contributed by atoms with van der Waals surface area (Å²) in [5.74, 6) is 1.71. The van der Waals surface area contributed by atoms with Crippen molar-refractivity contribution in [1.82, 2.24) is 0 Å². The van der Waals surface area contributed by atoms with Gasteiger partial charge in [-0.15, -0.1) is 0 Å². The summed E-state index contributed by atoms with van der Waals surface area (Å²) in [5.41, 5.74) is 11.2. The Morgan fingerprint density at radius 1 is 0.522 bits per heavy atom. The lowest BCUT2D eigenvalue weighted by Crippen LogP contribution is -2.32. The first-order chi connectivity index (χ1) is 22.6. The van der Waals surface area contributed by atoms with Crippen LogP contribution >= 0.6 is 0 Å². The van der Waals surface area contributed by atoms with E-state index in [0.29, 0.717) is 0 Å². The molecule has 0 N–H and O–H groups in total.